The molecule has 1 N–H and O–H groups in total. The number of para-hydroxylation sites is 1. The summed E-state index contributed by atoms with van der Waals surface area (Å²) in [6.07, 6.45) is 1.92. The maximum Gasteiger partial charge on any atom is 0.264 e. The number of rotatable bonds is 8. The summed E-state index contributed by atoms with van der Waals surface area (Å²) in [6.45, 7) is 3.81. The molecule has 0 spiro atoms. The average Bonchev–Trinajstić information content (AvgIpc) is 2.78. The summed E-state index contributed by atoms with van der Waals surface area (Å²) < 4.78 is 28.0. The van der Waals surface area contributed by atoms with Crippen LogP contribution in [0, 0.1) is 0 Å². The number of nitrogens with one attached hydrogen (secondary N) is 1. The lowest BCUT2D eigenvalue weighted by Crippen LogP contribution is -2.38. The molecule has 0 saturated heterocycles. The Hall–Kier alpha value is -2.77. The molecule has 0 fully saturated rings. The number of carbonyl (C=O) groups is 1. The fourth-order valence-corrected chi connectivity index (χ4v) is 5.12. The van der Waals surface area contributed by atoms with E-state index < -0.39 is 15.9 Å². The Morgan fingerprint density at radius 2 is 1.55 bits per heavy atom. The predicted molar refractivity (Wildman–Crippen MR) is 128 cm³/mol. The Labute approximate surface area is 188 Å². The average molecular weight is 455 g/mol. The van der Waals surface area contributed by atoms with Crippen LogP contribution in [-0.2, 0) is 14.8 Å². The van der Waals surface area contributed by atoms with Crippen molar-refractivity contribution in [3.05, 3.63) is 84.4 Å². The number of thioether (sulfide) groups is 1. The first-order chi connectivity index (χ1) is 14.8. The van der Waals surface area contributed by atoms with E-state index in [0.717, 1.165) is 14.8 Å². The molecule has 0 heterocycles. The smallest absolute Gasteiger partial charge is 0.264 e. The number of anilines is 2. The van der Waals surface area contributed by atoms with Crippen molar-refractivity contribution in [1.82, 2.24) is 0 Å². The molecule has 0 bridgehead atoms. The highest BCUT2D eigenvalue weighted by Gasteiger charge is 2.27. The number of carbonyl (C=O) groups excluding carboxylic acids is 1. The van der Waals surface area contributed by atoms with Crippen LogP contribution in [0.2, 0.25) is 0 Å². The third-order valence-electron chi connectivity index (χ3n) is 4.85. The van der Waals surface area contributed by atoms with Crippen LogP contribution in [-0.4, -0.2) is 27.1 Å². The van der Waals surface area contributed by atoms with Gasteiger partial charge in [0, 0.05) is 4.90 Å². The Bertz CT molecular complexity index is 1130. The maximum absolute atomic E-state index is 13.4. The first-order valence-corrected chi connectivity index (χ1v) is 12.6. The van der Waals surface area contributed by atoms with Gasteiger partial charge in [0.15, 0.2) is 0 Å². The van der Waals surface area contributed by atoms with Crippen LogP contribution in [0.4, 0.5) is 11.4 Å². The van der Waals surface area contributed by atoms with Crippen molar-refractivity contribution < 1.29 is 13.2 Å². The molecule has 0 radical (unpaired) electrons. The van der Waals surface area contributed by atoms with Crippen LogP contribution in [0.15, 0.2) is 88.7 Å². The minimum Gasteiger partial charge on any atom is -0.323 e. The van der Waals surface area contributed by atoms with Gasteiger partial charge in [0.25, 0.3) is 10.0 Å². The van der Waals surface area contributed by atoms with E-state index in [2.05, 4.69) is 19.2 Å². The minimum absolute atomic E-state index is 0.139. The normalized spacial score (nSPS) is 11.4. The largest absolute Gasteiger partial charge is 0.323 e. The molecule has 0 aliphatic carbocycles. The molecular formula is C24H26N2O3S2. The van der Waals surface area contributed by atoms with E-state index in [-0.39, 0.29) is 11.4 Å². The van der Waals surface area contributed by atoms with Gasteiger partial charge in [0.2, 0.25) is 5.91 Å². The Kier molecular flexibility index (Phi) is 7.41. The lowest BCUT2D eigenvalue weighted by Gasteiger charge is -2.24. The molecule has 3 aromatic carbocycles. The van der Waals surface area contributed by atoms with Crippen molar-refractivity contribution in [3.8, 4) is 0 Å². The molecule has 1 amide bonds. The van der Waals surface area contributed by atoms with Crippen molar-refractivity contribution in [2.24, 2.45) is 0 Å². The van der Waals surface area contributed by atoms with Gasteiger partial charge in [-0.2, -0.15) is 0 Å². The lowest BCUT2D eigenvalue weighted by molar-refractivity contribution is -0.114. The van der Waals surface area contributed by atoms with Gasteiger partial charge in [-0.1, -0.05) is 56.3 Å². The van der Waals surface area contributed by atoms with Crippen LogP contribution in [0.25, 0.3) is 0 Å². The van der Waals surface area contributed by atoms with E-state index in [4.69, 9.17) is 0 Å². The number of sulfonamides is 1. The molecule has 0 saturated carbocycles. The molecular weight excluding hydrogens is 428 g/mol. The van der Waals surface area contributed by atoms with Crippen molar-refractivity contribution in [3.63, 3.8) is 0 Å². The van der Waals surface area contributed by atoms with Crippen LogP contribution in [0.5, 0.6) is 0 Å². The zero-order valence-electron chi connectivity index (χ0n) is 17.8. The number of hydrogen-bond donors (Lipinski definition) is 1. The van der Waals surface area contributed by atoms with E-state index in [1.54, 1.807) is 36.4 Å². The number of benzene rings is 3. The molecule has 0 aliphatic rings. The molecule has 0 aliphatic heterocycles. The fourth-order valence-electron chi connectivity index (χ4n) is 3.13. The highest BCUT2D eigenvalue weighted by molar-refractivity contribution is 7.98. The Morgan fingerprint density at radius 3 is 2.16 bits per heavy atom. The zero-order valence-corrected chi connectivity index (χ0v) is 19.4. The topological polar surface area (TPSA) is 66.5 Å². The second-order valence-corrected chi connectivity index (χ2v) is 10.0. The quantitative estimate of drug-likeness (QED) is 0.465. The summed E-state index contributed by atoms with van der Waals surface area (Å²) in [5.41, 5.74) is 2.20. The number of nitrogens with zero attached hydrogens (tertiary/aromatic N) is 1. The molecule has 7 heteroatoms. The van der Waals surface area contributed by atoms with E-state index in [1.165, 1.54) is 23.9 Å². The molecule has 0 aromatic heterocycles. The van der Waals surface area contributed by atoms with Crippen LogP contribution < -0.4 is 9.62 Å². The number of amides is 1. The van der Waals surface area contributed by atoms with Crippen molar-refractivity contribution in [1.29, 1.82) is 0 Å². The highest BCUT2D eigenvalue weighted by Crippen LogP contribution is 2.27. The molecule has 5 nitrogen and oxygen atoms in total. The van der Waals surface area contributed by atoms with E-state index in [9.17, 15) is 13.2 Å². The van der Waals surface area contributed by atoms with Crippen LogP contribution in [0.3, 0.4) is 0 Å². The van der Waals surface area contributed by atoms with Crippen molar-refractivity contribution in [2.45, 2.75) is 29.6 Å². The molecule has 0 atom stereocenters. The van der Waals surface area contributed by atoms with E-state index >= 15 is 0 Å². The molecule has 3 rings (SSSR count). The van der Waals surface area contributed by atoms with Crippen LogP contribution in [0.1, 0.15) is 25.3 Å². The highest BCUT2D eigenvalue weighted by atomic mass is 32.2. The van der Waals surface area contributed by atoms with Gasteiger partial charge in [0.1, 0.15) is 6.54 Å². The van der Waals surface area contributed by atoms with Gasteiger partial charge in [-0.25, -0.2) is 8.42 Å². The van der Waals surface area contributed by atoms with E-state index in [0.29, 0.717) is 17.3 Å². The summed E-state index contributed by atoms with van der Waals surface area (Å²) in [7, 11) is -3.92. The molecule has 0 unspecified atom stereocenters. The van der Waals surface area contributed by atoms with Gasteiger partial charge in [-0.05, 0) is 54.1 Å². The SMILES string of the molecule is CSc1ccccc1NC(=O)CN(c1ccc(C(C)C)cc1)S(=O)(=O)c1ccccc1. The second-order valence-electron chi connectivity index (χ2n) is 7.32. The summed E-state index contributed by atoms with van der Waals surface area (Å²) in [4.78, 5) is 13.9. The van der Waals surface area contributed by atoms with Crippen molar-refractivity contribution >= 4 is 39.1 Å². The zero-order chi connectivity index (χ0) is 22.4. The standard InChI is InChI=1S/C24H26N2O3S2/c1-18(2)19-13-15-20(16-14-19)26(31(28,29)21-9-5-4-6-10-21)17-24(27)25-22-11-7-8-12-23(22)30-3/h4-16,18H,17H2,1-3H3,(H,25,27). The summed E-state index contributed by atoms with van der Waals surface area (Å²) in [5.74, 6) is -0.0893. The Morgan fingerprint density at radius 1 is 0.935 bits per heavy atom. The van der Waals surface area contributed by atoms with Gasteiger partial charge in [-0.15, -0.1) is 11.8 Å². The fraction of sp³-hybridized carbons (Fsp3) is 0.208. The second kappa shape index (κ2) is 10.0. The number of hydrogen-bond acceptors (Lipinski definition) is 4. The first kappa shape index (κ1) is 22.9. The summed E-state index contributed by atoms with van der Waals surface area (Å²) in [6, 6.07) is 22.9. The summed E-state index contributed by atoms with van der Waals surface area (Å²) >= 11 is 1.51. The third kappa shape index (κ3) is 5.48. The maximum atomic E-state index is 13.4. The van der Waals surface area contributed by atoms with Crippen molar-refractivity contribution in [2.75, 3.05) is 22.4 Å². The van der Waals surface area contributed by atoms with Gasteiger partial charge >= 0.3 is 0 Å². The monoisotopic (exact) mass is 454 g/mol. The molecule has 3 aromatic rings. The van der Waals surface area contributed by atoms with Gasteiger partial charge in [0.05, 0.1) is 16.3 Å². The molecule has 31 heavy (non-hydrogen) atoms. The predicted octanol–water partition coefficient (Wildman–Crippen LogP) is 5.37. The molecule has 162 valence electrons. The third-order valence-corrected chi connectivity index (χ3v) is 7.43. The summed E-state index contributed by atoms with van der Waals surface area (Å²) in [5, 5.41) is 2.85. The van der Waals surface area contributed by atoms with Gasteiger partial charge in [-0.3, -0.25) is 9.10 Å². The van der Waals surface area contributed by atoms with Crippen LogP contribution >= 0.6 is 11.8 Å². The van der Waals surface area contributed by atoms with E-state index in [1.807, 2.05) is 36.6 Å². The lowest BCUT2D eigenvalue weighted by atomic mass is 10.0. The minimum atomic E-state index is -3.92. The first-order valence-electron chi connectivity index (χ1n) is 9.93. The van der Waals surface area contributed by atoms with Gasteiger partial charge < -0.3 is 5.32 Å². The Balaban J connectivity index is 1.95.